The van der Waals surface area contributed by atoms with Gasteiger partial charge in [0.15, 0.2) is 4.90 Å². The Hall–Kier alpha value is -1.17. The van der Waals surface area contributed by atoms with Crippen molar-refractivity contribution >= 4 is 35.8 Å². The molecule has 0 aliphatic rings. The van der Waals surface area contributed by atoms with Gasteiger partial charge in [0.05, 0.1) is 11.4 Å². The van der Waals surface area contributed by atoms with Gasteiger partial charge in [-0.15, -0.1) is 0 Å². The highest BCUT2D eigenvalue weighted by molar-refractivity contribution is 7.90. The monoisotopic (exact) mass is 246 g/mol. The number of hydrogen-bond acceptors (Lipinski definition) is 3. The molecule has 5 heteroatoms. The van der Waals surface area contributed by atoms with Crippen LogP contribution in [0.1, 0.15) is 0 Å². The zero-order valence-corrected chi connectivity index (χ0v) is 11.0. The highest BCUT2D eigenvalue weighted by Crippen LogP contribution is 2.29. The lowest BCUT2D eigenvalue weighted by molar-refractivity contribution is 0.594. The first-order chi connectivity index (χ1) is 8.15. The van der Waals surface area contributed by atoms with Crippen LogP contribution in [0.2, 0.25) is 0 Å². The van der Waals surface area contributed by atoms with Gasteiger partial charge in [-0.25, -0.2) is 0 Å². The van der Waals surface area contributed by atoms with E-state index in [1.54, 1.807) is 7.98 Å². The molecule has 1 atom stereocenters. The van der Waals surface area contributed by atoms with Crippen molar-refractivity contribution in [3.05, 3.63) is 36.4 Å². The van der Waals surface area contributed by atoms with Crippen molar-refractivity contribution in [2.24, 2.45) is 0 Å². The van der Waals surface area contributed by atoms with Gasteiger partial charge in [0, 0.05) is 30.6 Å². The lowest BCUT2D eigenvalue weighted by atomic mass is 10.1. The number of hydrogen-bond donors (Lipinski definition) is 1. The van der Waals surface area contributed by atoms with Gasteiger partial charge in [0.25, 0.3) is 0 Å². The van der Waals surface area contributed by atoms with E-state index in [1.807, 2.05) is 38.4 Å². The summed E-state index contributed by atoms with van der Waals surface area (Å²) in [6.07, 6.45) is 0. The average Bonchev–Trinajstić information content (AvgIpc) is 2.36. The Labute approximate surface area is 106 Å². The quantitative estimate of drug-likeness (QED) is 0.650. The SMILES string of the molecule is BN[S+]([O-])c1cccc2c(N(C)C)cccc12. The summed E-state index contributed by atoms with van der Waals surface area (Å²) < 4.78 is 14.7. The van der Waals surface area contributed by atoms with Crippen LogP contribution in [0.15, 0.2) is 41.3 Å². The van der Waals surface area contributed by atoms with Crippen LogP contribution in [0.5, 0.6) is 0 Å². The molecule has 2 aromatic rings. The molecule has 0 aliphatic carbocycles. The fourth-order valence-electron chi connectivity index (χ4n) is 1.93. The van der Waals surface area contributed by atoms with Crippen LogP contribution in [-0.4, -0.2) is 26.6 Å². The molecular formula is C12H15BN2OS. The molecule has 1 unspecified atom stereocenters. The van der Waals surface area contributed by atoms with E-state index >= 15 is 0 Å². The summed E-state index contributed by atoms with van der Waals surface area (Å²) in [6, 6.07) is 12.0. The Morgan fingerprint density at radius 3 is 2.41 bits per heavy atom. The number of anilines is 1. The minimum Gasteiger partial charge on any atom is -0.594 e. The molecule has 0 amide bonds. The topological polar surface area (TPSA) is 38.3 Å². The van der Waals surface area contributed by atoms with E-state index in [9.17, 15) is 4.55 Å². The molecule has 0 saturated carbocycles. The molecule has 88 valence electrons. The number of rotatable bonds is 3. The molecule has 0 spiro atoms. The van der Waals surface area contributed by atoms with E-state index in [0.717, 1.165) is 21.4 Å². The van der Waals surface area contributed by atoms with Crippen molar-refractivity contribution in [3.63, 3.8) is 0 Å². The van der Waals surface area contributed by atoms with E-state index in [4.69, 9.17) is 0 Å². The Bertz CT molecular complexity index is 533. The molecule has 0 heterocycles. The standard InChI is InChI=1S/C12H15BN2OS/c1-15(2)11-7-3-6-10-9(11)5-4-8-12(10)17(16)14-13/h3-8,14H,13H2,1-2H3. The summed E-state index contributed by atoms with van der Waals surface area (Å²) >= 11 is -1.15. The van der Waals surface area contributed by atoms with E-state index in [1.165, 1.54) is 0 Å². The van der Waals surface area contributed by atoms with Crippen LogP contribution in [0.4, 0.5) is 5.69 Å². The molecule has 0 saturated heterocycles. The number of benzene rings is 2. The van der Waals surface area contributed by atoms with Crippen molar-refractivity contribution in [2.45, 2.75) is 4.90 Å². The van der Waals surface area contributed by atoms with Crippen LogP contribution in [0, 0.1) is 0 Å². The molecule has 0 aromatic heterocycles. The Kier molecular flexibility index (Phi) is 3.62. The van der Waals surface area contributed by atoms with Gasteiger partial charge in [-0.05, 0) is 18.2 Å². The van der Waals surface area contributed by atoms with Gasteiger partial charge in [-0.1, -0.05) is 18.2 Å². The lowest BCUT2D eigenvalue weighted by Gasteiger charge is -2.17. The summed E-state index contributed by atoms with van der Waals surface area (Å²) in [4.78, 5) is 2.89. The molecule has 0 aliphatic heterocycles. The maximum Gasteiger partial charge on any atom is 0.246 e. The summed E-state index contributed by atoms with van der Waals surface area (Å²) in [5, 5.41) is 2.16. The van der Waals surface area contributed by atoms with E-state index < -0.39 is 11.4 Å². The van der Waals surface area contributed by atoms with Gasteiger partial charge >= 0.3 is 0 Å². The summed E-state index contributed by atoms with van der Waals surface area (Å²) in [6.45, 7) is 0. The second-order valence-electron chi connectivity index (χ2n) is 4.00. The second-order valence-corrected chi connectivity index (χ2v) is 5.38. The molecule has 3 nitrogen and oxygen atoms in total. The fourth-order valence-corrected chi connectivity index (χ4v) is 2.73. The molecule has 2 aromatic carbocycles. The molecular weight excluding hydrogens is 231 g/mol. The predicted molar refractivity (Wildman–Crippen MR) is 76.4 cm³/mol. The summed E-state index contributed by atoms with van der Waals surface area (Å²) in [5.41, 5.74) is 1.14. The summed E-state index contributed by atoms with van der Waals surface area (Å²) in [5.74, 6) is 0. The Morgan fingerprint density at radius 2 is 1.76 bits per heavy atom. The van der Waals surface area contributed by atoms with Crippen LogP contribution in [0.25, 0.3) is 10.8 Å². The van der Waals surface area contributed by atoms with Crippen LogP contribution >= 0.6 is 0 Å². The number of nitrogens with one attached hydrogen (secondary N) is 1. The Balaban J connectivity index is 2.70. The van der Waals surface area contributed by atoms with Crippen LogP contribution in [0.3, 0.4) is 0 Å². The first-order valence-corrected chi connectivity index (χ1v) is 6.58. The number of nitrogens with zero attached hydrogens (tertiary/aromatic N) is 1. The molecule has 0 fully saturated rings. The van der Waals surface area contributed by atoms with Gasteiger partial charge in [0.2, 0.25) is 7.98 Å². The van der Waals surface area contributed by atoms with Crippen molar-refractivity contribution in [3.8, 4) is 0 Å². The number of fused-ring (bicyclic) bond motifs is 1. The molecule has 0 radical (unpaired) electrons. The fraction of sp³-hybridized carbons (Fsp3) is 0.167. The van der Waals surface area contributed by atoms with Gasteiger partial charge in [0.1, 0.15) is 0 Å². The molecule has 0 bridgehead atoms. The smallest absolute Gasteiger partial charge is 0.246 e. The third-order valence-electron chi connectivity index (χ3n) is 2.73. The third-order valence-corrected chi connectivity index (χ3v) is 3.85. The normalized spacial score (nSPS) is 12.6. The second kappa shape index (κ2) is 5.00. The van der Waals surface area contributed by atoms with Crippen LogP contribution < -0.4 is 9.53 Å². The largest absolute Gasteiger partial charge is 0.594 e. The third kappa shape index (κ3) is 2.27. The predicted octanol–water partition coefficient (Wildman–Crippen LogP) is 1.07. The van der Waals surface area contributed by atoms with Gasteiger partial charge in [-0.3, -0.25) is 0 Å². The van der Waals surface area contributed by atoms with Crippen LogP contribution in [-0.2, 0) is 11.4 Å². The van der Waals surface area contributed by atoms with Gasteiger partial charge < -0.3 is 9.45 Å². The molecule has 1 N–H and O–H groups in total. The average molecular weight is 246 g/mol. The highest BCUT2D eigenvalue weighted by Gasteiger charge is 2.14. The maximum atomic E-state index is 11.9. The van der Waals surface area contributed by atoms with Crippen molar-refractivity contribution in [2.75, 3.05) is 19.0 Å². The first kappa shape index (κ1) is 12.3. The highest BCUT2D eigenvalue weighted by atomic mass is 32.2. The minimum atomic E-state index is -1.15. The first-order valence-electron chi connectivity index (χ1n) is 5.43. The van der Waals surface area contributed by atoms with Crippen molar-refractivity contribution in [1.29, 1.82) is 0 Å². The van der Waals surface area contributed by atoms with E-state index in [-0.39, 0.29) is 0 Å². The van der Waals surface area contributed by atoms with E-state index in [0.29, 0.717) is 0 Å². The minimum absolute atomic E-state index is 0.828. The van der Waals surface area contributed by atoms with Gasteiger partial charge in [-0.2, -0.15) is 4.63 Å². The summed E-state index contributed by atoms with van der Waals surface area (Å²) in [7, 11) is 5.72. The van der Waals surface area contributed by atoms with Crippen molar-refractivity contribution in [1.82, 2.24) is 4.63 Å². The maximum absolute atomic E-state index is 11.9. The Morgan fingerprint density at radius 1 is 1.12 bits per heavy atom. The van der Waals surface area contributed by atoms with E-state index in [2.05, 4.69) is 21.7 Å². The zero-order valence-electron chi connectivity index (χ0n) is 10.2. The molecule has 2 rings (SSSR count). The zero-order chi connectivity index (χ0) is 12.4. The lowest BCUT2D eigenvalue weighted by Crippen LogP contribution is -2.20. The van der Waals surface area contributed by atoms with Crippen molar-refractivity contribution < 1.29 is 4.55 Å². The molecule has 17 heavy (non-hydrogen) atoms.